The average molecular weight is 357 g/mol. The minimum absolute atomic E-state index is 0.0205. The standard InChI is InChI=1S/C16H25BrN2O2/c1-3-6-19-7-8-21-16(11-19)14(18)10-12-9-13(17)4-5-15(12)20-2/h4-5,9,14,16H,3,6-8,10-11,18H2,1-2H3. The Bertz CT molecular complexity index is 454. The molecule has 1 saturated heterocycles. The molecular formula is C16H25BrN2O2. The number of methoxy groups -OCH3 is 1. The van der Waals surface area contributed by atoms with Gasteiger partial charge in [0.1, 0.15) is 5.75 Å². The number of halogens is 1. The molecule has 2 rings (SSSR count). The van der Waals surface area contributed by atoms with E-state index < -0.39 is 0 Å². The summed E-state index contributed by atoms with van der Waals surface area (Å²) >= 11 is 3.51. The first-order chi connectivity index (χ1) is 10.1. The van der Waals surface area contributed by atoms with Crippen molar-refractivity contribution < 1.29 is 9.47 Å². The van der Waals surface area contributed by atoms with E-state index in [2.05, 4.69) is 33.8 Å². The van der Waals surface area contributed by atoms with Gasteiger partial charge in [-0.05, 0) is 43.1 Å². The Kier molecular flexibility index (Phi) is 6.48. The van der Waals surface area contributed by atoms with E-state index in [-0.39, 0.29) is 12.1 Å². The molecule has 0 amide bonds. The van der Waals surface area contributed by atoms with Crippen molar-refractivity contribution in [3.05, 3.63) is 28.2 Å². The fourth-order valence-electron chi connectivity index (χ4n) is 2.80. The van der Waals surface area contributed by atoms with Crippen LogP contribution in [0.1, 0.15) is 18.9 Å². The van der Waals surface area contributed by atoms with Gasteiger partial charge in [0, 0.05) is 23.6 Å². The van der Waals surface area contributed by atoms with Gasteiger partial charge in [-0.2, -0.15) is 0 Å². The largest absolute Gasteiger partial charge is 0.496 e. The Hall–Kier alpha value is -0.620. The summed E-state index contributed by atoms with van der Waals surface area (Å²) in [7, 11) is 1.69. The van der Waals surface area contributed by atoms with Crippen molar-refractivity contribution in [2.24, 2.45) is 5.73 Å². The Labute approximate surface area is 135 Å². The van der Waals surface area contributed by atoms with Gasteiger partial charge >= 0.3 is 0 Å². The third-order valence-corrected chi connectivity index (χ3v) is 4.39. The van der Waals surface area contributed by atoms with Crippen LogP contribution in [0.15, 0.2) is 22.7 Å². The highest BCUT2D eigenvalue weighted by Crippen LogP contribution is 2.25. The van der Waals surface area contributed by atoms with Crippen molar-refractivity contribution in [3.8, 4) is 5.75 Å². The zero-order chi connectivity index (χ0) is 15.2. The minimum Gasteiger partial charge on any atom is -0.496 e. The van der Waals surface area contributed by atoms with E-state index in [1.807, 2.05) is 12.1 Å². The summed E-state index contributed by atoms with van der Waals surface area (Å²) in [5.41, 5.74) is 7.51. The van der Waals surface area contributed by atoms with E-state index in [1.54, 1.807) is 7.11 Å². The SMILES string of the molecule is CCCN1CCOC(C(N)Cc2cc(Br)ccc2OC)C1. The maximum absolute atomic E-state index is 6.39. The Morgan fingerprint density at radius 2 is 2.33 bits per heavy atom. The predicted molar refractivity (Wildman–Crippen MR) is 88.8 cm³/mol. The summed E-state index contributed by atoms with van der Waals surface area (Å²) in [6.07, 6.45) is 2.02. The number of ether oxygens (including phenoxy) is 2. The van der Waals surface area contributed by atoms with Crippen LogP contribution >= 0.6 is 15.9 Å². The van der Waals surface area contributed by atoms with Crippen molar-refractivity contribution >= 4 is 15.9 Å². The van der Waals surface area contributed by atoms with Crippen molar-refractivity contribution in [1.29, 1.82) is 0 Å². The molecule has 118 valence electrons. The topological polar surface area (TPSA) is 47.7 Å². The maximum Gasteiger partial charge on any atom is 0.122 e. The zero-order valence-corrected chi connectivity index (χ0v) is 14.4. The van der Waals surface area contributed by atoms with Gasteiger partial charge in [-0.3, -0.25) is 4.90 Å². The molecule has 1 aliphatic heterocycles. The third-order valence-electron chi connectivity index (χ3n) is 3.89. The molecule has 2 N–H and O–H groups in total. The molecule has 5 heteroatoms. The monoisotopic (exact) mass is 356 g/mol. The Morgan fingerprint density at radius 3 is 3.05 bits per heavy atom. The fourth-order valence-corrected chi connectivity index (χ4v) is 3.21. The Morgan fingerprint density at radius 1 is 1.52 bits per heavy atom. The van der Waals surface area contributed by atoms with Crippen LogP contribution in [0.2, 0.25) is 0 Å². The van der Waals surface area contributed by atoms with Crippen LogP contribution in [0, 0.1) is 0 Å². The van der Waals surface area contributed by atoms with Crippen molar-refractivity contribution in [2.45, 2.75) is 31.9 Å². The van der Waals surface area contributed by atoms with Gasteiger partial charge in [0.25, 0.3) is 0 Å². The summed E-state index contributed by atoms with van der Waals surface area (Å²) in [5, 5.41) is 0. The Balaban J connectivity index is 2.00. The van der Waals surface area contributed by atoms with Gasteiger partial charge in [-0.15, -0.1) is 0 Å². The number of benzene rings is 1. The van der Waals surface area contributed by atoms with Gasteiger partial charge in [0.05, 0.1) is 19.8 Å². The first-order valence-electron chi connectivity index (χ1n) is 7.56. The molecule has 0 saturated carbocycles. The summed E-state index contributed by atoms with van der Waals surface area (Å²) in [4.78, 5) is 2.44. The van der Waals surface area contributed by atoms with Crippen molar-refractivity contribution in [3.63, 3.8) is 0 Å². The van der Waals surface area contributed by atoms with Gasteiger partial charge in [-0.1, -0.05) is 22.9 Å². The highest BCUT2D eigenvalue weighted by atomic mass is 79.9. The van der Waals surface area contributed by atoms with Gasteiger partial charge in [-0.25, -0.2) is 0 Å². The molecule has 0 bridgehead atoms. The van der Waals surface area contributed by atoms with Crippen LogP contribution in [0.4, 0.5) is 0 Å². The van der Waals surface area contributed by atoms with Gasteiger partial charge < -0.3 is 15.2 Å². The predicted octanol–water partition coefficient (Wildman–Crippen LogP) is 2.44. The molecule has 1 aromatic rings. The smallest absolute Gasteiger partial charge is 0.122 e. The summed E-state index contributed by atoms with van der Waals surface area (Å²) < 4.78 is 12.3. The van der Waals surface area contributed by atoms with E-state index in [1.165, 1.54) is 6.42 Å². The number of hydrogen-bond acceptors (Lipinski definition) is 4. The van der Waals surface area contributed by atoms with Gasteiger partial charge in [0.15, 0.2) is 0 Å². The van der Waals surface area contributed by atoms with E-state index in [4.69, 9.17) is 15.2 Å². The molecular weight excluding hydrogens is 332 g/mol. The second kappa shape index (κ2) is 8.13. The first-order valence-corrected chi connectivity index (χ1v) is 8.35. The van der Waals surface area contributed by atoms with Crippen LogP contribution in [0.5, 0.6) is 5.75 Å². The summed E-state index contributed by atoms with van der Waals surface area (Å²) in [5.74, 6) is 0.884. The number of nitrogens with two attached hydrogens (primary N) is 1. The lowest BCUT2D eigenvalue weighted by Gasteiger charge is -2.35. The van der Waals surface area contributed by atoms with Crippen LogP contribution in [-0.4, -0.2) is 50.4 Å². The molecule has 1 aromatic carbocycles. The second-order valence-corrected chi connectivity index (χ2v) is 6.45. The quantitative estimate of drug-likeness (QED) is 0.850. The minimum atomic E-state index is -0.0205. The molecule has 1 fully saturated rings. The molecule has 0 aliphatic carbocycles. The summed E-state index contributed by atoms with van der Waals surface area (Å²) in [6, 6.07) is 6.00. The molecule has 2 atom stereocenters. The highest BCUT2D eigenvalue weighted by Gasteiger charge is 2.26. The molecule has 4 nitrogen and oxygen atoms in total. The molecule has 21 heavy (non-hydrogen) atoms. The van der Waals surface area contributed by atoms with E-state index >= 15 is 0 Å². The lowest BCUT2D eigenvalue weighted by atomic mass is 10.00. The van der Waals surface area contributed by atoms with Crippen LogP contribution in [0.25, 0.3) is 0 Å². The number of nitrogens with zero attached hydrogens (tertiary/aromatic N) is 1. The zero-order valence-electron chi connectivity index (χ0n) is 12.8. The lowest BCUT2D eigenvalue weighted by molar-refractivity contribution is -0.0401. The molecule has 0 spiro atoms. The maximum atomic E-state index is 6.39. The van der Waals surface area contributed by atoms with E-state index in [0.717, 1.165) is 48.4 Å². The molecule has 0 aromatic heterocycles. The first kappa shape index (κ1) is 16.7. The van der Waals surface area contributed by atoms with Gasteiger partial charge in [0.2, 0.25) is 0 Å². The van der Waals surface area contributed by atoms with Crippen LogP contribution in [0.3, 0.4) is 0 Å². The van der Waals surface area contributed by atoms with Crippen molar-refractivity contribution in [2.75, 3.05) is 33.4 Å². The second-order valence-electron chi connectivity index (χ2n) is 5.53. The average Bonchev–Trinajstić information content (AvgIpc) is 2.48. The van der Waals surface area contributed by atoms with Crippen LogP contribution < -0.4 is 10.5 Å². The molecule has 0 radical (unpaired) electrons. The lowest BCUT2D eigenvalue weighted by Crippen LogP contribution is -2.51. The molecule has 1 aliphatic rings. The highest BCUT2D eigenvalue weighted by molar-refractivity contribution is 9.10. The van der Waals surface area contributed by atoms with Crippen LogP contribution in [-0.2, 0) is 11.2 Å². The van der Waals surface area contributed by atoms with E-state index in [9.17, 15) is 0 Å². The third kappa shape index (κ3) is 4.68. The molecule has 1 heterocycles. The number of rotatable bonds is 6. The van der Waals surface area contributed by atoms with Crippen molar-refractivity contribution in [1.82, 2.24) is 4.90 Å². The number of morpholine rings is 1. The fraction of sp³-hybridized carbons (Fsp3) is 0.625. The van der Waals surface area contributed by atoms with E-state index in [0.29, 0.717) is 0 Å². The summed E-state index contributed by atoms with van der Waals surface area (Å²) in [6.45, 7) is 6.03. The number of hydrogen-bond donors (Lipinski definition) is 1. The normalized spacial score (nSPS) is 21.2. The molecule has 2 unspecified atom stereocenters.